The fourth-order valence-electron chi connectivity index (χ4n) is 2.07. The Balaban J connectivity index is 2.30. The van der Waals surface area contributed by atoms with E-state index in [1.807, 2.05) is 19.1 Å². The molecule has 2 N–H and O–H groups in total. The van der Waals surface area contributed by atoms with Gasteiger partial charge in [0.25, 0.3) is 0 Å². The highest BCUT2D eigenvalue weighted by Gasteiger charge is 2.01. The van der Waals surface area contributed by atoms with Crippen molar-refractivity contribution in [2.75, 3.05) is 20.3 Å². The predicted molar refractivity (Wildman–Crippen MR) is 82.8 cm³/mol. The number of amidine groups is 1. The summed E-state index contributed by atoms with van der Waals surface area (Å²) in [6.07, 6.45) is 5.88. The molecule has 0 unspecified atom stereocenters. The van der Waals surface area contributed by atoms with Gasteiger partial charge in [-0.3, -0.25) is 0 Å². The van der Waals surface area contributed by atoms with Gasteiger partial charge in [0.1, 0.15) is 7.11 Å². The molecule has 1 aromatic rings. The highest BCUT2D eigenvalue weighted by atomic mass is 16.6. The molecule has 0 radical (unpaired) electrons. The van der Waals surface area contributed by atoms with Gasteiger partial charge >= 0.3 is 0 Å². The molecule has 0 amide bonds. The van der Waals surface area contributed by atoms with Gasteiger partial charge in [-0.05, 0) is 37.8 Å². The van der Waals surface area contributed by atoms with E-state index in [9.17, 15) is 0 Å². The lowest BCUT2D eigenvalue weighted by molar-refractivity contribution is 0.143. The maximum absolute atomic E-state index is 5.81. The number of hydrogen-bond donors (Lipinski definition) is 1. The van der Waals surface area contributed by atoms with Crippen LogP contribution in [0, 0.1) is 0 Å². The third kappa shape index (κ3) is 6.57. The van der Waals surface area contributed by atoms with Crippen molar-refractivity contribution in [3.63, 3.8) is 0 Å². The van der Waals surface area contributed by atoms with Crippen LogP contribution in [0.1, 0.15) is 43.7 Å². The maximum atomic E-state index is 5.81. The van der Waals surface area contributed by atoms with Crippen LogP contribution in [0.15, 0.2) is 29.4 Å². The summed E-state index contributed by atoms with van der Waals surface area (Å²) >= 11 is 0. The average molecular weight is 278 g/mol. The number of nitrogens with two attached hydrogens (primary N) is 1. The molecule has 20 heavy (non-hydrogen) atoms. The van der Waals surface area contributed by atoms with Gasteiger partial charge in [-0.15, -0.1) is 0 Å². The number of hydrogen-bond acceptors (Lipinski definition) is 3. The largest absolute Gasteiger partial charge is 0.397 e. The van der Waals surface area contributed by atoms with Crippen molar-refractivity contribution >= 4 is 5.84 Å². The summed E-state index contributed by atoms with van der Waals surface area (Å²) in [5, 5.41) is 3.75. The summed E-state index contributed by atoms with van der Waals surface area (Å²) < 4.78 is 5.32. The van der Waals surface area contributed by atoms with Crippen LogP contribution in [-0.4, -0.2) is 26.2 Å². The molecule has 0 aliphatic heterocycles. The Kier molecular flexibility index (Phi) is 8.47. The number of nitrogens with zero attached hydrogens (tertiary/aromatic N) is 1. The zero-order valence-corrected chi connectivity index (χ0v) is 12.6. The highest BCUT2D eigenvalue weighted by Crippen LogP contribution is 2.10. The second-order valence-corrected chi connectivity index (χ2v) is 4.72. The minimum Gasteiger partial charge on any atom is -0.397 e. The molecule has 0 aliphatic rings. The van der Waals surface area contributed by atoms with Gasteiger partial charge in [0, 0.05) is 18.8 Å². The van der Waals surface area contributed by atoms with Crippen LogP contribution >= 0.6 is 0 Å². The van der Waals surface area contributed by atoms with Gasteiger partial charge in [0.15, 0.2) is 5.84 Å². The molecule has 1 aromatic carbocycles. The Labute approximate surface area is 121 Å². The molecule has 0 saturated heterocycles. The minimum atomic E-state index is 0.422. The highest BCUT2D eigenvalue weighted by molar-refractivity contribution is 5.97. The van der Waals surface area contributed by atoms with E-state index >= 15 is 0 Å². The Bertz CT molecular complexity index is 405. The first kappa shape index (κ1) is 16.5. The zero-order valence-electron chi connectivity index (χ0n) is 12.6. The number of rotatable bonds is 10. The summed E-state index contributed by atoms with van der Waals surface area (Å²) in [6.45, 7) is 3.73. The van der Waals surface area contributed by atoms with E-state index in [0.717, 1.165) is 31.6 Å². The Morgan fingerprint density at radius 2 is 2.00 bits per heavy atom. The van der Waals surface area contributed by atoms with E-state index in [1.54, 1.807) is 0 Å². The first-order valence-electron chi connectivity index (χ1n) is 7.31. The van der Waals surface area contributed by atoms with Crippen LogP contribution < -0.4 is 5.73 Å². The van der Waals surface area contributed by atoms with E-state index in [0.29, 0.717) is 5.84 Å². The monoisotopic (exact) mass is 278 g/mol. The molecule has 0 bridgehead atoms. The number of aryl methyl sites for hydroxylation is 1. The van der Waals surface area contributed by atoms with Gasteiger partial charge in [-0.2, -0.15) is 0 Å². The third-order valence-electron chi connectivity index (χ3n) is 3.12. The van der Waals surface area contributed by atoms with Crippen molar-refractivity contribution in [2.24, 2.45) is 10.9 Å². The molecule has 0 saturated carbocycles. The van der Waals surface area contributed by atoms with Crippen molar-refractivity contribution < 1.29 is 9.57 Å². The Hall–Kier alpha value is -1.55. The molecule has 112 valence electrons. The minimum absolute atomic E-state index is 0.422. The van der Waals surface area contributed by atoms with Gasteiger partial charge in [-0.25, -0.2) is 0 Å². The van der Waals surface area contributed by atoms with Crippen LogP contribution in [0.4, 0.5) is 0 Å². The number of unbranched alkanes of at least 4 members (excludes halogenated alkanes) is 3. The van der Waals surface area contributed by atoms with E-state index < -0.39 is 0 Å². The molecular weight excluding hydrogens is 252 g/mol. The molecule has 0 atom stereocenters. The molecule has 0 spiro atoms. The summed E-state index contributed by atoms with van der Waals surface area (Å²) in [7, 11) is 1.50. The smallest absolute Gasteiger partial charge is 0.170 e. The van der Waals surface area contributed by atoms with Crippen molar-refractivity contribution in [3.8, 4) is 0 Å². The maximum Gasteiger partial charge on any atom is 0.170 e. The van der Waals surface area contributed by atoms with Crippen LogP contribution in [0.2, 0.25) is 0 Å². The molecule has 0 aromatic heterocycles. The normalized spacial score (nSPS) is 11.6. The van der Waals surface area contributed by atoms with Gasteiger partial charge in [0.2, 0.25) is 0 Å². The summed E-state index contributed by atoms with van der Waals surface area (Å²) in [5.41, 5.74) is 8.02. The molecule has 4 nitrogen and oxygen atoms in total. The topological polar surface area (TPSA) is 56.8 Å². The molecule has 1 rings (SSSR count). The van der Waals surface area contributed by atoms with Gasteiger partial charge < -0.3 is 15.3 Å². The second kappa shape index (κ2) is 10.3. The van der Waals surface area contributed by atoms with Crippen LogP contribution in [0.5, 0.6) is 0 Å². The van der Waals surface area contributed by atoms with Crippen molar-refractivity contribution in [3.05, 3.63) is 35.4 Å². The zero-order chi connectivity index (χ0) is 14.6. The van der Waals surface area contributed by atoms with E-state index in [-0.39, 0.29) is 0 Å². The molecule has 0 heterocycles. The lowest BCUT2D eigenvalue weighted by atomic mass is 10.0. The molecule has 4 heteroatoms. The van der Waals surface area contributed by atoms with Crippen LogP contribution in [-0.2, 0) is 16.0 Å². The van der Waals surface area contributed by atoms with Crippen molar-refractivity contribution in [2.45, 2.75) is 39.0 Å². The first-order valence-corrected chi connectivity index (χ1v) is 7.31. The lowest BCUT2D eigenvalue weighted by Gasteiger charge is -2.05. The number of oxime groups is 1. The standard InChI is InChI=1S/C16H26N2O2/c1-3-20-12-7-5-4-6-9-14-10-8-11-15(13-14)16(17)18-19-2/h8,10-11,13H,3-7,9,12H2,1-2H3,(H2,17,18). The van der Waals surface area contributed by atoms with E-state index in [4.69, 9.17) is 15.3 Å². The van der Waals surface area contributed by atoms with Crippen LogP contribution in [0.3, 0.4) is 0 Å². The fraction of sp³-hybridized carbons (Fsp3) is 0.562. The molecule has 0 aliphatic carbocycles. The average Bonchev–Trinajstić information content (AvgIpc) is 2.47. The third-order valence-corrected chi connectivity index (χ3v) is 3.12. The van der Waals surface area contributed by atoms with E-state index in [2.05, 4.69) is 17.3 Å². The van der Waals surface area contributed by atoms with E-state index in [1.165, 1.54) is 31.9 Å². The van der Waals surface area contributed by atoms with Gasteiger partial charge in [0.05, 0.1) is 0 Å². The number of benzene rings is 1. The van der Waals surface area contributed by atoms with Crippen molar-refractivity contribution in [1.29, 1.82) is 0 Å². The second-order valence-electron chi connectivity index (χ2n) is 4.72. The Morgan fingerprint density at radius 1 is 1.20 bits per heavy atom. The van der Waals surface area contributed by atoms with Crippen LogP contribution in [0.25, 0.3) is 0 Å². The quantitative estimate of drug-likeness (QED) is 0.310. The fourth-order valence-corrected chi connectivity index (χ4v) is 2.07. The first-order chi connectivity index (χ1) is 9.77. The summed E-state index contributed by atoms with van der Waals surface area (Å²) in [6, 6.07) is 8.17. The SMILES string of the molecule is CCOCCCCCCc1cccc(/C(N)=N/OC)c1. The summed E-state index contributed by atoms with van der Waals surface area (Å²) in [4.78, 5) is 4.69. The number of ether oxygens (including phenoxy) is 1. The van der Waals surface area contributed by atoms with Gasteiger partial charge in [-0.1, -0.05) is 36.2 Å². The Morgan fingerprint density at radius 3 is 2.75 bits per heavy atom. The molecule has 0 fully saturated rings. The summed E-state index contributed by atoms with van der Waals surface area (Å²) in [5.74, 6) is 0.422. The van der Waals surface area contributed by atoms with Crippen molar-refractivity contribution in [1.82, 2.24) is 0 Å². The predicted octanol–water partition coefficient (Wildman–Crippen LogP) is 3.09. The lowest BCUT2D eigenvalue weighted by Crippen LogP contribution is -2.13. The molecular formula is C16H26N2O2.